The van der Waals surface area contributed by atoms with Crippen LogP contribution in [0.5, 0.6) is 0 Å². The van der Waals surface area contributed by atoms with Crippen LogP contribution in [0.1, 0.15) is 65.7 Å². The zero-order valence-corrected chi connectivity index (χ0v) is 16.4. The molecule has 0 saturated heterocycles. The fourth-order valence-corrected chi connectivity index (χ4v) is 7.47. The summed E-state index contributed by atoms with van der Waals surface area (Å²) < 4.78 is 5.46. The Labute approximate surface area is 157 Å². The molecule has 0 aliphatic heterocycles. The lowest BCUT2D eigenvalue weighted by Gasteiger charge is -2.63. The van der Waals surface area contributed by atoms with Crippen molar-refractivity contribution in [2.75, 3.05) is 0 Å². The number of ether oxygens (including phenoxy) is 1. The van der Waals surface area contributed by atoms with Crippen LogP contribution in [0.15, 0.2) is 12.2 Å². The van der Waals surface area contributed by atoms with Gasteiger partial charge in [0, 0.05) is 6.92 Å². The fraction of sp³-hybridized carbons (Fsp3) is 0.864. The average molecular weight is 363 g/mol. The zero-order valence-electron chi connectivity index (χ0n) is 16.4. The van der Waals surface area contributed by atoms with E-state index in [-0.39, 0.29) is 34.7 Å². The maximum Gasteiger partial charge on any atom is 0.302 e. The molecule has 0 spiro atoms. The third kappa shape index (κ3) is 2.44. The van der Waals surface area contributed by atoms with Crippen LogP contribution >= 0.6 is 0 Å². The van der Waals surface area contributed by atoms with Crippen LogP contribution in [0.3, 0.4) is 0 Å². The number of fused-ring (bicyclic) bond motifs is 5. The first-order valence-electron chi connectivity index (χ1n) is 10.4. The van der Waals surface area contributed by atoms with Crippen LogP contribution in [0.25, 0.3) is 0 Å². The Morgan fingerprint density at radius 1 is 1.08 bits per heavy atom. The number of esters is 1. The van der Waals surface area contributed by atoms with Crippen molar-refractivity contribution in [3.05, 3.63) is 12.2 Å². The molecule has 4 aliphatic rings. The molecule has 4 fully saturated rings. The molecule has 4 saturated carbocycles. The number of hydrogen-bond acceptors (Lipinski definition) is 4. The lowest BCUT2D eigenvalue weighted by molar-refractivity contribution is -0.220. The number of rotatable bonds is 1. The average Bonchev–Trinajstić information content (AvgIpc) is 2.88. The first-order chi connectivity index (χ1) is 12.2. The zero-order chi connectivity index (χ0) is 18.9. The standard InChI is InChI=1S/C22H34O4/c1-12-5-6-15-18-16(8-10-21(12,15)3)22(4)9-7-14(26-13(2)23)11-17(22)19(24)20(18)25/h14-20,24-25H,1,5-11H2,2-4H3/t14-,15?,16?,17?,18?,19?,20+,21+,22+/m0/s1. The Balaban J connectivity index is 1.64. The second-order valence-electron chi connectivity index (χ2n) is 9.99. The summed E-state index contributed by atoms with van der Waals surface area (Å²) in [6.07, 6.45) is 5.38. The van der Waals surface area contributed by atoms with E-state index in [0.717, 1.165) is 38.5 Å². The van der Waals surface area contributed by atoms with E-state index >= 15 is 0 Å². The minimum atomic E-state index is -0.726. The fourth-order valence-electron chi connectivity index (χ4n) is 7.47. The molecule has 146 valence electrons. The smallest absolute Gasteiger partial charge is 0.302 e. The van der Waals surface area contributed by atoms with E-state index in [2.05, 4.69) is 20.4 Å². The van der Waals surface area contributed by atoms with Crippen molar-refractivity contribution in [1.82, 2.24) is 0 Å². The van der Waals surface area contributed by atoms with Crippen LogP contribution in [-0.4, -0.2) is 34.5 Å². The van der Waals surface area contributed by atoms with E-state index in [4.69, 9.17) is 4.74 Å². The maximum atomic E-state index is 11.4. The number of aliphatic hydroxyl groups excluding tert-OH is 2. The van der Waals surface area contributed by atoms with Crippen molar-refractivity contribution < 1.29 is 19.7 Å². The van der Waals surface area contributed by atoms with E-state index < -0.39 is 12.2 Å². The summed E-state index contributed by atoms with van der Waals surface area (Å²) in [4.78, 5) is 11.4. The predicted molar refractivity (Wildman–Crippen MR) is 99.2 cm³/mol. The van der Waals surface area contributed by atoms with E-state index in [1.165, 1.54) is 12.5 Å². The molecule has 4 rings (SSSR count). The van der Waals surface area contributed by atoms with Gasteiger partial charge in [-0.15, -0.1) is 0 Å². The van der Waals surface area contributed by atoms with E-state index in [1.807, 2.05) is 0 Å². The van der Waals surface area contributed by atoms with Gasteiger partial charge in [-0.3, -0.25) is 4.79 Å². The first kappa shape index (κ1) is 18.5. The second kappa shape index (κ2) is 6.07. The van der Waals surface area contributed by atoms with E-state index in [1.54, 1.807) is 0 Å². The third-order valence-electron chi connectivity index (χ3n) is 8.99. The third-order valence-corrected chi connectivity index (χ3v) is 8.99. The van der Waals surface area contributed by atoms with Gasteiger partial charge in [0.25, 0.3) is 0 Å². The van der Waals surface area contributed by atoms with Gasteiger partial charge in [0.15, 0.2) is 0 Å². The number of carbonyl (C=O) groups excluding carboxylic acids is 1. The molecule has 9 atom stereocenters. The molecule has 26 heavy (non-hydrogen) atoms. The van der Waals surface area contributed by atoms with Crippen LogP contribution < -0.4 is 0 Å². The molecule has 5 unspecified atom stereocenters. The largest absolute Gasteiger partial charge is 0.463 e. The Hall–Kier alpha value is -0.870. The molecule has 0 radical (unpaired) electrons. The predicted octanol–water partition coefficient (Wildman–Crippen LogP) is 3.46. The monoisotopic (exact) mass is 362 g/mol. The number of hydrogen-bond donors (Lipinski definition) is 2. The Bertz CT molecular complexity index is 615. The van der Waals surface area contributed by atoms with Crippen molar-refractivity contribution in [2.45, 2.75) is 84.0 Å². The van der Waals surface area contributed by atoms with Gasteiger partial charge < -0.3 is 14.9 Å². The summed E-state index contributed by atoms with van der Waals surface area (Å²) in [6.45, 7) is 10.4. The van der Waals surface area contributed by atoms with Gasteiger partial charge in [0.2, 0.25) is 0 Å². The van der Waals surface area contributed by atoms with Gasteiger partial charge in [-0.1, -0.05) is 26.0 Å². The quantitative estimate of drug-likeness (QED) is 0.554. The summed E-state index contributed by atoms with van der Waals surface area (Å²) in [5.41, 5.74) is 1.49. The Kier molecular flexibility index (Phi) is 4.31. The SMILES string of the molecule is C=C1CCC2C3C(CC[C@]12C)[C@@]1(C)CC[C@H](OC(C)=O)CC1C(O)[C@@H]3O. The van der Waals surface area contributed by atoms with Gasteiger partial charge in [-0.2, -0.15) is 0 Å². The van der Waals surface area contributed by atoms with Crippen molar-refractivity contribution >= 4 is 5.97 Å². The normalized spacial score (nSPS) is 53.4. The van der Waals surface area contributed by atoms with E-state index in [9.17, 15) is 15.0 Å². The summed E-state index contributed by atoms with van der Waals surface area (Å²) in [5, 5.41) is 22.2. The number of allylic oxidation sites excluding steroid dienone is 1. The molecule has 4 heteroatoms. The summed E-state index contributed by atoms with van der Waals surface area (Å²) >= 11 is 0. The maximum absolute atomic E-state index is 11.4. The van der Waals surface area contributed by atoms with Crippen molar-refractivity contribution in [3.63, 3.8) is 0 Å². The number of aliphatic hydroxyl groups is 2. The second-order valence-corrected chi connectivity index (χ2v) is 9.99. The molecule has 0 bridgehead atoms. The Morgan fingerprint density at radius 2 is 1.81 bits per heavy atom. The minimum Gasteiger partial charge on any atom is -0.463 e. The Morgan fingerprint density at radius 3 is 2.50 bits per heavy atom. The van der Waals surface area contributed by atoms with Gasteiger partial charge in [0.05, 0.1) is 12.2 Å². The molecular formula is C22H34O4. The van der Waals surface area contributed by atoms with E-state index in [0.29, 0.717) is 18.3 Å². The van der Waals surface area contributed by atoms with Crippen molar-refractivity contribution in [2.24, 2.45) is 34.5 Å². The number of carbonyl (C=O) groups is 1. The first-order valence-corrected chi connectivity index (χ1v) is 10.4. The molecular weight excluding hydrogens is 328 g/mol. The lowest BCUT2D eigenvalue weighted by atomic mass is 9.43. The lowest BCUT2D eigenvalue weighted by Crippen LogP contribution is -2.64. The van der Waals surface area contributed by atoms with Crippen LogP contribution in [0.2, 0.25) is 0 Å². The summed E-state index contributed by atoms with van der Waals surface area (Å²) in [5.74, 6) is 0.788. The topological polar surface area (TPSA) is 66.8 Å². The van der Waals surface area contributed by atoms with Crippen molar-refractivity contribution in [3.8, 4) is 0 Å². The molecule has 0 amide bonds. The van der Waals surface area contributed by atoms with Crippen LogP contribution in [0.4, 0.5) is 0 Å². The highest BCUT2D eigenvalue weighted by atomic mass is 16.5. The molecule has 4 nitrogen and oxygen atoms in total. The highest BCUT2D eigenvalue weighted by molar-refractivity contribution is 5.66. The summed E-state index contributed by atoms with van der Waals surface area (Å²) in [7, 11) is 0. The van der Waals surface area contributed by atoms with Crippen LogP contribution in [0, 0.1) is 34.5 Å². The van der Waals surface area contributed by atoms with Gasteiger partial charge in [-0.25, -0.2) is 0 Å². The highest BCUT2D eigenvalue weighted by Crippen LogP contribution is 2.67. The molecule has 0 aromatic rings. The highest BCUT2D eigenvalue weighted by Gasteiger charge is 2.64. The molecule has 2 N–H and O–H groups in total. The van der Waals surface area contributed by atoms with Crippen molar-refractivity contribution in [1.29, 1.82) is 0 Å². The van der Waals surface area contributed by atoms with Gasteiger partial charge in [-0.05, 0) is 79.4 Å². The van der Waals surface area contributed by atoms with Gasteiger partial charge in [0.1, 0.15) is 6.10 Å². The summed E-state index contributed by atoms with van der Waals surface area (Å²) in [6, 6.07) is 0. The molecule has 0 aromatic heterocycles. The molecule has 0 aromatic carbocycles. The minimum absolute atomic E-state index is 0.00538. The van der Waals surface area contributed by atoms with Gasteiger partial charge >= 0.3 is 5.97 Å². The van der Waals surface area contributed by atoms with Crippen LogP contribution in [-0.2, 0) is 9.53 Å². The molecule has 0 heterocycles. The molecule has 4 aliphatic carbocycles.